The fraction of sp³-hybridized carbons (Fsp3) is 0.367. The van der Waals surface area contributed by atoms with Gasteiger partial charge in [-0.3, -0.25) is 4.72 Å². The van der Waals surface area contributed by atoms with E-state index < -0.39 is 39.9 Å². The second-order valence-corrected chi connectivity index (χ2v) is 12.6. The summed E-state index contributed by atoms with van der Waals surface area (Å²) >= 11 is 0. The highest BCUT2D eigenvalue weighted by Crippen LogP contribution is 2.42. The van der Waals surface area contributed by atoms with Crippen molar-refractivity contribution in [3.63, 3.8) is 0 Å². The molecule has 1 aliphatic rings. The summed E-state index contributed by atoms with van der Waals surface area (Å²) in [5.74, 6) is -0.832. The van der Waals surface area contributed by atoms with Crippen LogP contribution in [0.1, 0.15) is 44.6 Å². The van der Waals surface area contributed by atoms with Gasteiger partial charge in [0.15, 0.2) is 5.82 Å². The third-order valence-electron chi connectivity index (χ3n) is 7.49. The van der Waals surface area contributed by atoms with Gasteiger partial charge in [0.1, 0.15) is 5.75 Å². The van der Waals surface area contributed by atoms with Crippen LogP contribution in [-0.2, 0) is 10.0 Å². The van der Waals surface area contributed by atoms with Crippen molar-refractivity contribution in [2.24, 2.45) is 5.92 Å². The van der Waals surface area contributed by atoms with Gasteiger partial charge in [-0.25, -0.2) is 27.8 Å². The minimum Gasteiger partial charge on any atom is -0.437 e. The van der Waals surface area contributed by atoms with Crippen LogP contribution in [0.25, 0.3) is 22.0 Å². The highest BCUT2D eigenvalue weighted by Gasteiger charge is 2.31. The molecule has 0 spiro atoms. The van der Waals surface area contributed by atoms with Crippen LogP contribution in [0.5, 0.6) is 11.6 Å². The molecule has 2 aromatic carbocycles. The van der Waals surface area contributed by atoms with E-state index in [1.165, 1.54) is 19.2 Å². The van der Waals surface area contributed by atoms with Crippen LogP contribution in [0, 0.1) is 18.7 Å². The highest BCUT2D eigenvalue weighted by atomic mass is 32.2. The third-order valence-corrected chi connectivity index (χ3v) is 8.75. The minimum absolute atomic E-state index is 0.0552. The van der Waals surface area contributed by atoms with E-state index in [1.54, 1.807) is 42.6 Å². The number of halogens is 4. The molecule has 1 saturated carbocycles. The number of nitrogens with one attached hydrogen (secondary N) is 2. The maximum Gasteiger partial charge on any atom is 0.390 e. The predicted molar refractivity (Wildman–Crippen MR) is 157 cm³/mol. The number of hydrogen-bond donors (Lipinski definition) is 2. The Morgan fingerprint density at radius 2 is 1.70 bits per heavy atom. The van der Waals surface area contributed by atoms with Crippen molar-refractivity contribution in [2.45, 2.75) is 58.2 Å². The molecule has 43 heavy (non-hydrogen) atoms. The Kier molecular flexibility index (Phi) is 8.72. The van der Waals surface area contributed by atoms with Gasteiger partial charge in [0.2, 0.25) is 21.9 Å². The number of nitrogens with zero attached hydrogens (tertiary/aromatic N) is 3. The second kappa shape index (κ2) is 12.3. The van der Waals surface area contributed by atoms with E-state index in [9.17, 15) is 21.6 Å². The molecule has 13 heteroatoms. The quantitative estimate of drug-likeness (QED) is 0.186. The number of fused-ring (bicyclic) bond motifs is 1. The van der Waals surface area contributed by atoms with Gasteiger partial charge in [-0.2, -0.15) is 13.2 Å². The minimum atomic E-state index is -4.68. The van der Waals surface area contributed by atoms with Crippen LogP contribution < -0.4 is 14.8 Å². The Hall–Kier alpha value is -4.00. The number of aromatic nitrogens is 3. The molecule has 0 amide bonds. The van der Waals surface area contributed by atoms with E-state index >= 15 is 4.39 Å². The number of sulfonamides is 1. The molecule has 2 heterocycles. The summed E-state index contributed by atoms with van der Waals surface area (Å²) in [5, 5.41) is 3.86. The lowest BCUT2D eigenvalue weighted by Crippen LogP contribution is -2.26. The first-order chi connectivity index (χ1) is 20.4. The molecule has 2 aromatic heterocycles. The van der Waals surface area contributed by atoms with Crippen LogP contribution in [-0.4, -0.2) is 41.3 Å². The van der Waals surface area contributed by atoms with Crippen molar-refractivity contribution in [2.75, 3.05) is 15.8 Å². The third kappa shape index (κ3) is 7.32. The zero-order valence-corrected chi connectivity index (χ0v) is 24.4. The van der Waals surface area contributed by atoms with E-state index in [0.29, 0.717) is 28.5 Å². The summed E-state index contributed by atoms with van der Waals surface area (Å²) in [6, 6.07) is 11.7. The number of rotatable bonds is 9. The normalized spacial score (nSPS) is 17.5. The molecule has 5 rings (SSSR count). The molecule has 0 atom stereocenters. The first-order valence-electron chi connectivity index (χ1n) is 13.9. The van der Waals surface area contributed by atoms with Gasteiger partial charge in [-0.05, 0) is 56.7 Å². The van der Waals surface area contributed by atoms with Crippen LogP contribution in [0.2, 0.25) is 0 Å². The molecule has 0 bridgehead atoms. The fourth-order valence-electron chi connectivity index (χ4n) is 5.12. The number of hydrogen-bond acceptors (Lipinski definition) is 7. The molecule has 1 aliphatic carbocycles. The maximum atomic E-state index is 15.7. The molecule has 2 N–H and O–H groups in total. The first-order valence-corrected chi connectivity index (χ1v) is 15.6. The Labute approximate surface area is 247 Å². The number of pyridine rings is 1. The van der Waals surface area contributed by atoms with Gasteiger partial charge >= 0.3 is 6.18 Å². The molecule has 0 unspecified atom stereocenters. The molecular formula is C30H31F4N5O3S. The summed E-state index contributed by atoms with van der Waals surface area (Å²) in [6.07, 6.45) is 1.23. The molecule has 1 fully saturated rings. The van der Waals surface area contributed by atoms with E-state index in [1.807, 2.05) is 4.72 Å². The van der Waals surface area contributed by atoms with Crippen molar-refractivity contribution in [3.05, 3.63) is 66.2 Å². The molecule has 0 saturated heterocycles. The summed E-state index contributed by atoms with van der Waals surface area (Å²) < 4.78 is 86.9. The lowest BCUT2D eigenvalue weighted by molar-refractivity contribution is -0.129. The average Bonchev–Trinajstić information content (AvgIpc) is 2.98. The zero-order chi connectivity index (χ0) is 30.8. The molecule has 0 radical (unpaired) electrons. The summed E-state index contributed by atoms with van der Waals surface area (Å²) in [4.78, 5) is 13.4. The second-order valence-electron chi connectivity index (χ2n) is 10.8. The predicted octanol–water partition coefficient (Wildman–Crippen LogP) is 7.62. The zero-order valence-electron chi connectivity index (χ0n) is 23.6. The number of benzene rings is 2. The number of anilines is 2. The van der Waals surface area contributed by atoms with E-state index in [2.05, 4.69) is 27.2 Å². The Morgan fingerprint density at radius 1 is 0.977 bits per heavy atom. The molecule has 0 aliphatic heterocycles. The van der Waals surface area contributed by atoms with Crippen molar-refractivity contribution in [3.8, 4) is 22.9 Å². The topological polar surface area (TPSA) is 106 Å². The SMILES string of the molecule is Cc1c(F)c(NS(=O)(=O)CCC(F)(F)F)c2ccccc2c1Oc1ncccc1-c1ccnc(NC2CCC(C)CC2)n1. The largest absolute Gasteiger partial charge is 0.437 e. The van der Waals surface area contributed by atoms with Gasteiger partial charge < -0.3 is 10.1 Å². The van der Waals surface area contributed by atoms with Gasteiger partial charge in [0, 0.05) is 34.8 Å². The van der Waals surface area contributed by atoms with Crippen molar-refractivity contribution in [1.82, 2.24) is 15.0 Å². The first kappa shape index (κ1) is 30.5. The van der Waals surface area contributed by atoms with Crippen LogP contribution in [0.15, 0.2) is 54.9 Å². The van der Waals surface area contributed by atoms with Gasteiger partial charge in [-0.1, -0.05) is 31.2 Å². The van der Waals surface area contributed by atoms with E-state index in [4.69, 9.17) is 4.74 Å². The molecular weight excluding hydrogens is 586 g/mol. The molecule has 8 nitrogen and oxygen atoms in total. The van der Waals surface area contributed by atoms with E-state index in [-0.39, 0.29) is 28.6 Å². The van der Waals surface area contributed by atoms with Gasteiger partial charge in [0.25, 0.3) is 0 Å². The van der Waals surface area contributed by atoms with E-state index in [0.717, 1.165) is 25.7 Å². The lowest BCUT2D eigenvalue weighted by Gasteiger charge is -2.26. The summed E-state index contributed by atoms with van der Waals surface area (Å²) in [5.41, 5.74) is 0.542. The Balaban J connectivity index is 1.47. The number of ether oxygens (including phenoxy) is 1. The fourth-order valence-corrected chi connectivity index (χ4v) is 6.24. The van der Waals surface area contributed by atoms with Crippen molar-refractivity contribution in [1.29, 1.82) is 0 Å². The monoisotopic (exact) mass is 617 g/mol. The summed E-state index contributed by atoms with van der Waals surface area (Å²) in [6.45, 7) is 3.64. The van der Waals surface area contributed by atoms with Gasteiger partial charge in [0.05, 0.1) is 29.1 Å². The van der Waals surface area contributed by atoms with Crippen molar-refractivity contribution < 1.29 is 30.7 Å². The van der Waals surface area contributed by atoms with Crippen LogP contribution >= 0.6 is 0 Å². The lowest BCUT2D eigenvalue weighted by atomic mass is 9.87. The molecule has 4 aromatic rings. The van der Waals surface area contributed by atoms with Crippen LogP contribution in [0.4, 0.5) is 29.2 Å². The maximum absolute atomic E-state index is 15.7. The summed E-state index contributed by atoms with van der Waals surface area (Å²) in [7, 11) is -4.51. The van der Waals surface area contributed by atoms with Crippen LogP contribution in [0.3, 0.4) is 0 Å². The Bertz CT molecular complexity index is 1730. The smallest absolute Gasteiger partial charge is 0.390 e. The Morgan fingerprint density at radius 3 is 2.42 bits per heavy atom. The average molecular weight is 618 g/mol. The number of alkyl halides is 3. The standard InChI is InChI=1S/C30H31F4N5O3S/c1-18-9-11-20(12-10-18)37-29-36-16-13-24(38-29)23-8-5-15-35-28(23)42-27-19(2)25(31)26(21-6-3-4-7-22(21)27)39-43(40,41)17-14-30(32,33)34/h3-8,13,15-16,18,20,39H,9-12,14,17H2,1-2H3,(H,36,37,38). The highest BCUT2D eigenvalue weighted by molar-refractivity contribution is 7.92. The van der Waals surface area contributed by atoms with Crippen molar-refractivity contribution >= 4 is 32.4 Å². The molecule has 228 valence electrons. The van der Waals surface area contributed by atoms with Gasteiger partial charge in [-0.15, -0.1) is 0 Å².